The monoisotopic (exact) mass is 222 g/mol. The zero-order valence-corrected chi connectivity index (χ0v) is 10.4. The molecule has 0 saturated carbocycles. The molecule has 0 heterocycles. The highest BCUT2D eigenvalue weighted by atomic mass is 16.3. The fraction of sp³-hybridized carbons (Fsp3) is 1.00. The predicted octanol–water partition coefficient (Wildman–Crippen LogP) is 0.381. The number of hydrogen-bond acceptors (Lipinski definition) is 4. The Balaban J connectivity index is 0. The second-order valence-corrected chi connectivity index (χ2v) is 4.82. The summed E-state index contributed by atoms with van der Waals surface area (Å²) in [5, 5.41) is 34.5. The average Bonchev–Trinajstić information content (AvgIpc) is 2.17. The van der Waals surface area contributed by atoms with Crippen molar-refractivity contribution in [2.45, 2.75) is 46.8 Å². The molecule has 0 amide bonds. The molecular weight excluding hydrogens is 196 g/mol. The summed E-state index contributed by atoms with van der Waals surface area (Å²) in [6, 6.07) is 0. The second kappa shape index (κ2) is 8.05. The van der Waals surface area contributed by atoms with E-state index < -0.39 is 12.2 Å². The molecule has 94 valence electrons. The minimum absolute atomic E-state index is 0.0185. The van der Waals surface area contributed by atoms with Crippen LogP contribution in [0.2, 0.25) is 0 Å². The highest BCUT2D eigenvalue weighted by Gasteiger charge is 2.13. The highest BCUT2D eigenvalue weighted by Crippen LogP contribution is 2.10. The average molecular weight is 222 g/mol. The first-order chi connectivity index (χ1) is 6.67. The molecule has 0 radical (unpaired) electrons. The molecule has 0 spiro atoms. The largest absolute Gasteiger partial charge is 0.396 e. The Bertz CT molecular complexity index is 130. The minimum Gasteiger partial charge on any atom is -0.396 e. The smallest absolute Gasteiger partial charge is 0.0562 e. The van der Waals surface area contributed by atoms with Gasteiger partial charge in [0.05, 0.1) is 25.4 Å². The van der Waals surface area contributed by atoms with Gasteiger partial charge in [0, 0.05) is 11.3 Å². The summed E-state index contributed by atoms with van der Waals surface area (Å²) in [4.78, 5) is 0. The van der Waals surface area contributed by atoms with E-state index in [0.29, 0.717) is 0 Å². The van der Waals surface area contributed by atoms with Crippen molar-refractivity contribution in [1.29, 1.82) is 0 Å². The molecule has 0 fully saturated rings. The lowest BCUT2D eigenvalue weighted by Crippen LogP contribution is -2.24. The van der Waals surface area contributed by atoms with Gasteiger partial charge >= 0.3 is 0 Å². The lowest BCUT2D eigenvalue weighted by molar-refractivity contribution is 0.0420. The topological polar surface area (TPSA) is 80.9 Å². The molecule has 0 aromatic heterocycles. The van der Waals surface area contributed by atoms with Crippen LogP contribution in [0.5, 0.6) is 0 Å². The summed E-state index contributed by atoms with van der Waals surface area (Å²) in [5.41, 5.74) is -0.306. The zero-order valence-electron chi connectivity index (χ0n) is 10.4. The zero-order chi connectivity index (χ0) is 12.6. The molecule has 0 aromatic rings. The van der Waals surface area contributed by atoms with Gasteiger partial charge in [0.25, 0.3) is 0 Å². The van der Waals surface area contributed by atoms with Gasteiger partial charge in [-0.1, -0.05) is 20.8 Å². The molecule has 4 N–H and O–H groups in total. The summed E-state index contributed by atoms with van der Waals surface area (Å²) in [6.45, 7) is 8.86. The van der Waals surface area contributed by atoms with E-state index in [2.05, 4.69) is 0 Å². The van der Waals surface area contributed by atoms with E-state index in [4.69, 9.17) is 20.4 Å². The molecule has 0 saturated heterocycles. The molecule has 0 aliphatic rings. The molecule has 0 aliphatic carbocycles. The maximum Gasteiger partial charge on any atom is 0.0562 e. The Morgan fingerprint density at radius 2 is 1.13 bits per heavy atom. The van der Waals surface area contributed by atoms with Crippen molar-refractivity contribution >= 4 is 0 Å². The fourth-order valence-corrected chi connectivity index (χ4v) is 0.453. The molecule has 2 unspecified atom stereocenters. The first-order valence-corrected chi connectivity index (χ1v) is 5.25. The van der Waals surface area contributed by atoms with Gasteiger partial charge in [-0.2, -0.15) is 0 Å². The van der Waals surface area contributed by atoms with Gasteiger partial charge in [0.2, 0.25) is 0 Å². The van der Waals surface area contributed by atoms with E-state index in [0.717, 1.165) is 0 Å². The highest BCUT2D eigenvalue weighted by molar-refractivity contribution is 4.63. The second-order valence-electron chi connectivity index (χ2n) is 4.82. The fourth-order valence-electron chi connectivity index (χ4n) is 0.453. The standard InChI is InChI=1S/C6H14O2.C5H12O2/c1-4(5(2)7)6(3)8;1-5(2,3-6)4-7/h4-8H,1-3H3;6-7H,3-4H2,1-2H3. The quantitative estimate of drug-likeness (QED) is 0.554. The maximum absolute atomic E-state index is 8.83. The van der Waals surface area contributed by atoms with Crippen LogP contribution in [-0.4, -0.2) is 45.8 Å². The van der Waals surface area contributed by atoms with Crippen LogP contribution in [0.4, 0.5) is 0 Å². The van der Waals surface area contributed by atoms with Crippen LogP contribution in [0, 0.1) is 11.3 Å². The number of hydrogen-bond donors (Lipinski definition) is 4. The van der Waals surface area contributed by atoms with Gasteiger partial charge in [-0.05, 0) is 13.8 Å². The third kappa shape index (κ3) is 10.1. The molecule has 4 heteroatoms. The maximum atomic E-state index is 8.83. The molecule has 4 nitrogen and oxygen atoms in total. The Labute approximate surface area is 92.6 Å². The van der Waals surface area contributed by atoms with E-state index in [1.54, 1.807) is 27.7 Å². The van der Waals surface area contributed by atoms with E-state index in [1.807, 2.05) is 6.92 Å². The summed E-state index contributed by atoms with van der Waals surface area (Å²) in [5.74, 6) is -0.0185. The molecule has 0 aliphatic heterocycles. The van der Waals surface area contributed by atoms with E-state index in [-0.39, 0.29) is 24.5 Å². The third-order valence-corrected chi connectivity index (χ3v) is 2.38. The summed E-state index contributed by atoms with van der Waals surface area (Å²) in [7, 11) is 0. The van der Waals surface area contributed by atoms with Gasteiger partial charge in [0.1, 0.15) is 0 Å². The first-order valence-electron chi connectivity index (χ1n) is 5.25. The Hall–Kier alpha value is -0.160. The number of rotatable bonds is 4. The van der Waals surface area contributed by atoms with Crippen molar-refractivity contribution in [2.24, 2.45) is 11.3 Å². The Kier molecular flexibility index (Phi) is 9.25. The number of aliphatic hydroxyl groups is 4. The predicted molar refractivity (Wildman–Crippen MR) is 60.5 cm³/mol. The van der Waals surface area contributed by atoms with Crippen molar-refractivity contribution in [3.8, 4) is 0 Å². The molecule has 2 atom stereocenters. The lowest BCUT2D eigenvalue weighted by atomic mass is 9.97. The van der Waals surface area contributed by atoms with Gasteiger partial charge in [0.15, 0.2) is 0 Å². The molecule has 0 aromatic carbocycles. The summed E-state index contributed by atoms with van der Waals surface area (Å²) in [6.07, 6.45) is -0.815. The van der Waals surface area contributed by atoms with Gasteiger partial charge in [-0.3, -0.25) is 0 Å². The SMILES string of the molecule is CC(C)(CO)CO.CC(O)C(C)C(C)O. The van der Waals surface area contributed by atoms with Crippen LogP contribution in [0.3, 0.4) is 0 Å². The molecular formula is C11H26O4. The lowest BCUT2D eigenvalue weighted by Gasteiger charge is -2.16. The van der Waals surface area contributed by atoms with Gasteiger partial charge in [-0.15, -0.1) is 0 Å². The van der Waals surface area contributed by atoms with Crippen LogP contribution in [0.1, 0.15) is 34.6 Å². The molecule has 15 heavy (non-hydrogen) atoms. The third-order valence-electron chi connectivity index (χ3n) is 2.38. The van der Waals surface area contributed by atoms with Crippen LogP contribution < -0.4 is 0 Å². The first kappa shape index (κ1) is 17.2. The van der Waals surface area contributed by atoms with Crippen LogP contribution in [0.25, 0.3) is 0 Å². The van der Waals surface area contributed by atoms with E-state index >= 15 is 0 Å². The van der Waals surface area contributed by atoms with Gasteiger partial charge in [-0.25, -0.2) is 0 Å². The van der Waals surface area contributed by atoms with Crippen LogP contribution in [-0.2, 0) is 0 Å². The summed E-state index contributed by atoms with van der Waals surface area (Å²) < 4.78 is 0. The van der Waals surface area contributed by atoms with Crippen molar-refractivity contribution in [3.63, 3.8) is 0 Å². The molecule has 0 bridgehead atoms. The van der Waals surface area contributed by atoms with Crippen molar-refractivity contribution in [3.05, 3.63) is 0 Å². The minimum atomic E-state index is -0.407. The number of aliphatic hydroxyl groups excluding tert-OH is 4. The van der Waals surface area contributed by atoms with Crippen molar-refractivity contribution < 1.29 is 20.4 Å². The van der Waals surface area contributed by atoms with Crippen molar-refractivity contribution in [1.82, 2.24) is 0 Å². The van der Waals surface area contributed by atoms with Crippen LogP contribution in [0.15, 0.2) is 0 Å². The van der Waals surface area contributed by atoms with Crippen LogP contribution >= 0.6 is 0 Å². The Morgan fingerprint density at radius 1 is 0.867 bits per heavy atom. The van der Waals surface area contributed by atoms with E-state index in [1.165, 1.54) is 0 Å². The Morgan fingerprint density at radius 3 is 1.13 bits per heavy atom. The summed E-state index contributed by atoms with van der Waals surface area (Å²) >= 11 is 0. The van der Waals surface area contributed by atoms with Gasteiger partial charge < -0.3 is 20.4 Å². The normalized spacial score (nSPS) is 17.4. The molecule has 0 rings (SSSR count). The van der Waals surface area contributed by atoms with E-state index in [9.17, 15) is 0 Å². The van der Waals surface area contributed by atoms with Crippen molar-refractivity contribution in [2.75, 3.05) is 13.2 Å².